The van der Waals surface area contributed by atoms with Gasteiger partial charge in [0.1, 0.15) is 0 Å². The second-order valence-corrected chi connectivity index (χ2v) is 7.57. The van der Waals surface area contributed by atoms with E-state index in [0.29, 0.717) is 38.5 Å². The Hall–Kier alpha value is -0.320. The first kappa shape index (κ1) is 22.7. The molecule has 1 fully saturated rings. The Kier molecular flexibility index (Phi) is 9.20. The summed E-state index contributed by atoms with van der Waals surface area (Å²) < 4.78 is 0. The number of aliphatic hydroxyl groups excluding tert-OH is 5. The Morgan fingerprint density at radius 1 is 0.720 bits per heavy atom. The van der Waals surface area contributed by atoms with Crippen molar-refractivity contribution in [3.8, 4) is 0 Å². The van der Waals surface area contributed by atoms with E-state index in [0.717, 1.165) is 0 Å². The van der Waals surface area contributed by atoms with Gasteiger partial charge < -0.3 is 40.9 Å². The van der Waals surface area contributed by atoms with Crippen molar-refractivity contribution in [3.63, 3.8) is 0 Å². The highest BCUT2D eigenvalue weighted by Gasteiger charge is 2.53. The zero-order valence-corrected chi connectivity index (χ0v) is 14.7. The van der Waals surface area contributed by atoms with Gasteiger partial charge in [0.15, 0.2) is 18.9 Å². The van der Waals surface area contributed by atoms with E-state index in [4.69, 9.17) is 0 Å². The second kappa shape index (κ2) is 10.1. The van der Waals surface area contributed by atoms with Gasteiger partial charge in [0, 0.05) is 13.2 Å². The minimum absolute atomic E-state index is 0.0228. The molecule has 0 heterocycles. The number of aliphatic hydroxyl groups is 8. The molecule has 0 aliphatic heterocycles. The summed E-state index contributed by atoms with van der Waals surface area (Å²) in [6, 6.07) is 0. The van der Waals surface area contributed by atoms with E-state index < -0.39 is 29.7 Å². The zero-order valence-electron chi connectivity index (χ0n) is 14.7. The zero-order chi connectivity index (χ0) is 19.1. The van der Waals surface area contributed by atoms with Crippen LogP contribution in [0.2, 0.25) is 0 Å². The molecule has 2 atom stereocenters. The van der Waals surface area contributed by atoms with Crippen molar-refractivity contribution in [1.82, 2.24) is 0 Å². The van der Waals surface area contributed by atoms with Gasteiger partial charge in [0.25, 0.3) is 0 Å². The SMILES string of the molecule is OCC1CCC(CO)(CCC(O)O)C(CCC(O)O)(CCC(O)O)C1. The summed E-state index contributed by atoms with van der Waals surface area (Å²) in [5.74, 6) is -0.0228. The molecular weight excluding hydrogens is 332 g/mol. The molecule has 1 saturated carbocycles. The first-order valence-electron chi connectivity index (χ1n) is 9.00. The molecule has 8 heteroatoms. The van der Waals surface area contributed by atoms with Crippen LogP contribution in [0, 0.1) is 16.7 Å². The molecule has 8 N–H and O–H groups in total. The van der Waals surface area contributed by atoms with E-state index in [1.54, 1.807) is 0 Å². The molecule has 0 saturated heterocycles. The molecule has 8 nitrogen and oxygen atoms in total. The lowest BCUT2D eigenvalue weighted by molar-refractivity contribution is -0.142. The third kappa shape index (κ3) is 6.11. The van der Waals surface area contributed by atoms with E-state index >= 15 is 0 Å². The summed E-state index contributed by atoms with van der Waals surface area (Å²) in [5, 5.41) is 75.6. The molecular formula is C17H34O8. The first-order chi connectivity index (χ1) is 11.7. The summed E-state index contributed by atoms with van der Waals surface area (Å²) >= 11 is 0. The van der Waals surface area contributed by atoms with E-state index in [9.17, 15) is 40.9 Å². The maximum Gasteiger partial charge on any atom is 0.151 e. The van der Waals surface area contributed by atoms with Crippen LogP contribution < -0.4 is 0 Å². The first-order valence-corrected chi connectivity index (χ1v) is 9.00. The molecule has 0 aromatic rings. The molecule has 1 rings (SSSR count). The Morgan fingerprint density at radius 2 is 1.16 bits per heavy atom. The third-order valence-corrected chi connectivity index (χ3v) is 6.04. The van der Waals surface area contributed by atoms with Crippen molar-refractivity contribution in [3.05, 3.63) is 0 Å². The fourth-order valence-corrected chi connectivity index (χ4v) is 4.56. The number of hydrogen-bond donors (Lipinski definition) is 8. The van der Waals surface area contributed by atoms with Gasteiger partial charge in [0.05, 0.1) is 0 Å². The minimum atomic E-state index is -1.52. The highest BCUT2D eigenvalue weighted by molar-refractivity contribution is 5.02. The van der Waals surface area contributed by atoms with Crippen LogP contribution in [0.1, 0.15) is 57.8 Å². The van der Waals surface area contributed by atoms with Crippen molar-refractivity contribution >= 4 is 0 Å². The summed E-state index contributed by atoms with van der Waals surface area (Å²) in [7, 11) is 0. The molecule has 0 amide bonds. The lowest BCUT2D eigenvalue weighted by Crippen LogP contribution is -2.51. The van der Waals surface area contributed by atoms with Gasteiger partial charge >= 0.3 is 0 Å². The highest BCUT2D eigenvalue weighted by atomic mass is 16.5. The van der Waals surface area contributed by atoms with Crippen molar-refractivity contribution in [2.45, 2.75) is 76.7 Å². The van der Waals surface area contributed by atoms with E-state index in [2.05, 4.69) is 0 Å². The Balaban J connectivity index is 3.18. The van der Waals surface area contributed by atoms with Gasteiger partial charge in [0.2, 0.25) is 0 Å². The summed E-state index contributed by atoms with van der Waals surface area (Å²) in [6.45, 7) is -0.254. The van der Waals surface area contributed by atoms with Crippen LogP contribution >= 0.6 is 0 Å². The number of rotatable bonds is 11. The van der Waals surface area contributed by atoms with Crippen molar-refractivity contribution in [1.29, 1.82) is 0 Å². The van der Waals surface area contributed by atoms with Crippen LogP contribution in [-0.2, 0) is 0 Å². The van der Waals surface area contributed by atoms with E-state index in [1.807, 2.05) is 0 Å². The molecule has 25 heavy (non-hydrogen) atoms. The van der Waals surface area contributed by atoms with Crippen molar-refractivity contribution in [2.75, 3.05) is 13.2 Å². The smallest absolute Gasteiger partial charge is 0.151 e. The quantitative estimate of drug-likeness (QED) is 0.216. The number of hydrogen-bond acceptors (Lipinski definition) is 8. The summed E-state index contributed by atoms with van der Waals surface area (Å²) in [5.41, 5.74) is -1.36. The maximum absolute atomic E-state index is 10.2. The van der Waals surface area contributed by atoms with Gasteiger partial charge in [-0.2, -0.15) is 0 Å². The van der Waals surface area contributed by atoms with Crippen molar-refractivity contribution in [2.24, 2.45) is 16.7 Å². The topological polar surface area (TPSA) is 162 Å². The minimum Gasteiger partial charge on any atom is -0.396 e. The average molecular weight is 366 g/mol. The van der Waals surface area contributed by atoms with Gasteiger partial charge in [-0.3, -0.25) is 0 Å². The van der Waals surface area contributed by atoms with Gasteiger partial charge in [-0.15, -0.1) is 0 Å². The predicted molar refractivity (Wildman–Crippen MR) is 88.8 cm³/mol. The fourth-order valence-electron chi connectivity index (χ4n) is 4.56. The Bertz CT molecular complexity index is 362. The van der Waals surface area contributed by atoms with Gasteiger partial charge in [-0.25, -0.2) is 0 Å². The molecule has 150 valence electrons. The molecule has 0 aromatic heterocycles. The Labute approximate surface area is 148 Å². The molecule has 1 aliphatic rings. The van der Waals surface area contributed by atoms with Crippen LogP contribution in [0.3, 0.4) is 0 Å². The van der Waals surface area contributed by atoms with Crippen molar-refractivity contribution < 1.29 is 40.9 Å². The predicted octanol–water partition coefficient (Wildman–Crippen LogP) is -0.983. The van der Waals surface area contributed by atoms with E-state index in [-0.39, 0.29) is 38.4 Å². The molecule has 2 unspecified atom stereocenters. The summed E-state index contributed by atoms with van der Waals surface area (Å²) in [6.07, 6.45) is -1.67. The maximum atomic E-state index is 10.2. The Morgan fingerprint density at radius 3 is 1.52 bits per heavy atom. The highest BCUT2D eigenvalue weighted by Crippen LogP contribution is 2.59. The summed E-state index contributed by atoms with van der Waals surface area (Å²) in [4.78, 5) is 0. The normalized spacial score (nSPS) is 26.8. The van der Waals surface area contributed by atoms with Crippen LogP contribution in [0.25, 0.3) is 0 Å². The van der Waals surface area contributed by atoms with E-state index in [1.165, 1.54) is 0 Å². The lowest BCUT2D eigenvalue weighted by Gasteiger charge is -2.56. The molecule has 1 aliphatic carbocycles. The van der Waals surface area contributed by atoms with Gasteiger partial charge in [-0.05, 0) is 74.5 Å². The van der Waals surface area contributed by atoms with Crippen LogP contribution in [0.5, 0.6) is 0 Å². The lowest BCUT2D eigenvalue weighted by atomic mass is 9.49. The van der Waals surface area contributed by atoms with Crippen LogP contribution in [0.15, 0.2) is 0 Å². The monoisotopic (exact) mass is 366 g/mol. The van der Waals surface area contributed by atoms with Crippen LogP contribution in [0.4, 0.5) is 0 Å². The fraction of sp³-hybridized carbons (Fsp3) is 1.00. The average Bonchev–Trinajstić information content (AvgIpc) is 2.56. The molecule has 0 bridgehead atoms. The largest absolute Gasteiger partial charge is 0.396 e. The molecule has 0 radical (unpaired) electrons. The molecule has 0 aromatic carbocycles. The van der Waals surface area contributed by atoms with Gasteiger partial charge in [-0.1, -0.05) is 0 Å². The third-order valence-electron chi connectivity index (χ3n) is 6.04. The standard InChI is InChI=1S/C17H34O8/c18-10-12-1-5-17(11-19,8-4-15(24)25)16(9-12,6-2-13(20)21)7-3-14(22)23/h12-15,18-25H,1-11H2. The van der Waals surface area contributed by atoms with Crippen LogP contribution in [-0.4, -0.2) is 72.9 Å². The molecule has 0 spiro atoms. The second-order valence-electron chi connectivity index (χ2n) is 7.57.